The first kappa shape index (κ1) is 13.4. The molecule has 2 aromatic carbocycles. The summed E-state index contributed by atoms with van der Waals surface area (Å²) in [5.41, 5.74) is 3.66. The number of halogens is 1. The molecule has 0 N–H and O–H groups in total. The van der Waals surface area contributed by atoms with Gasteiger partial charge in [-0.25, -0.2) is 0 Å². The fourth-order valence-corrected chi connectivity index (χ4v) is 3.07. The maximum Gasteiger partial charge on any atom is 0.118 e. The minimum absolute atomic E-state index is 0.267. The van der Waals surface area contributed by atoms with E-state index in [1.54, 1.807) is 7.11 Å². The number of hydrogen-bond acceptors (Lipinski definition) is 2. The SMILES string of the molecule is COc1ccc(C2CCC(c3ccccc3Br)=N2)cc1. The lowest BCUT2D eigenvalue weighted by atomic mass is 10.0. The van der Waals surface area contributed by atoms with E-state index in [0.717, 1.165) is 23.1 Å². The normalized spacial score (nSPS) is 17.9. The van der Waals surface area contributed by atoms with Gasteiger partial charge in [-0.05, 0) is 36.6 Å². The fraction of sp³-hybridized carbons (Fsp3) is 0.235. The summed E-state index contributed by atoms with van der Waals surface area (Å²) in [7, 11) is 1.69. The van der Waals surface area contributed by atoms with Gasteiger partial charge in [-0.1, -0.05) is 46.3 Å². The highest BCUT2D eigenvalue weighted by Crippen LogP contribution is 2.33. The zero-order valence-electron chi connectivity index (χ0n) is 11.3. The van der Waals surface area contributed by atoms with Crippen molar-refractivity contribution in [2.24, 2.45) is 4.99 Å². The Kier molecular flexibility index (Phi) is 3.88. The predicted octanol–water partition coefficient (Wildman–Crippen LogP) is 4.78. The Balaban J connectivity index is 1.85. The van der Waals surface area contributed by atoms with Gasteiger partial charge in [0.05, 0.1) is 13.2 Å². The molecular formula is C17H16BrNO. The lowest BCUT2D eigenvalue weighted by Gasteiger charge is -2.07. The molecule has 2 nitrogen and oxygen atoms in total. The quantitative estimate of drug-likeness (QED) is 0.793. The van der Waals surface area contributed by atoms with E-state index in [4.69, 9.17) is 9.73 Å². The zero-order chi connectivity index (χ0) is 13.9. The van der Waals surface area contributed by atoms with Crippen molar-refractivity contribution >= 4 is 21.6 Å². The second-order valence-corrected chi connectivity index (χ2v) is 5.74. The molecule has 0 radical (unpaired) electrons. The van der Waals surface area contributed by atoms with Crippen LogP contribution in [0.4, 0.5) is 0 Å². The molecule has 0 aromatic heterocycles. The molecule has 0 saturated carbocycles. The maximum absolute atomic E-state index is 5.20. The third-order valence-electron chi connectivity index (χ3n) is 3.65. The highest BCUT2D eigenvalue weighted by atomic mass is 79.9. The summed E-state index contributed by atoms with van der Waals surface area (Å²) in [4.78, 5) is 4.89. The monoisotopic (exact) mass is 329 g/mol. The summed E-state index contributed by atoms with van der Waals surface area (Å²) in [5, 5.41) is 0. The molecule has 20 heavy (non-hydrogen) atoms. The lowest BCUT2D eigenvalue weighted by molar-refractivity contribution is 0.414. The molecule has 1 aliphatic rings. The van der Waals surface area contributed by atoms with Gasteiger partial charge in [-0.2, -0.15) is 0 Å². The van der Waals surface area contributed by atoms with E-state index in [2.05, 4.69) is 46.3 Å². The van der Waals surface area contributed by atoms with Crippen molar-refractivity contribution in [3.8, 4) is 5.75 Å². The standard InChI is InChI=1S/C17H16BrNO/c1-20-13-8-6-12(7-9-13)16-10-11-17(19-16)14-4-2-3-5-15(14)18/h2-9,16H,10-11H2,1H3. The molecule has 1 heterocycles. The highest BCUT2D eigenvalue weighted by molar-refractivity contribution is 9.10. The van der Waals surface area contributed by atoms with E-state index in [1.807, 2.05) is 18.2 Å². The molecule has 0 saturated heterocycles. The lowest BCUT2D eigenvalue weighted by Crippen LogP contribution is -1.96. The van der Waals surface area contributed by atoms with Gasteiger partial charge >= 0.3 is 0 Å². The Bertz CT molecular complexity index is 634. The van der Waals surface area contributed by atoms with Crippen LogP contribution in [0, 0.1) is 0 Å². The van der Waals surface area contributed by atoms with E-state index in [0.29, 0.717) is 0 Å². The number of aliphatic imine (C=N–C) groups is 1. The number of hydrogen-bond donors (Lipinski definition) is 0. The molecule has 1 aliphatic heterocycles. The van der Waals surface area contributed by atoms with E-state index in [9.17, 15) is 0 Å². The van der Waals surface area contributed by atoms with Crippen molar-refractivity contribution in [2.75, 3.05) is 7.11 Å². The molecule has 0 spiro atoms. The Morgan fingerprint density at radius 2 is 1.85 bits per heavy atom. The summed E-state index contributed by atoms with van der Waals surface area (Å²) >= 11 is 3.60. The summed E-state index contributed by atoms with van der Waals surface area (Å²) in [5.74, 6) is 0.891. The minimum Gasteiger partial charge on any atom is -0.497 e. The van der Waals surface area contributed by atoms with Crippen molar-refractivity contribution in [2.45, 2.75) is 18.9 Å². The Hall–Kier alpha value is -1.61. The summed E-state index contributed by atoms with van der Waals surface area (Å²) < 4.78 is 6.32. The molecule has 0 amide bonds. The molecular weight excluding hydrogens is 314 g/mol. The minimum atomic E-state index is 0.267. The van der Waals surface area contributed by atoms with Gasteiger partial charge in [0, 0.05) is 15.7 Å². The van der Waals surface area contributed by atoms with Gasteiger partial charge in [0.1, 0.15) is 5.75 Å². The second kappa shape index (κ2) is 5.80. The van der Waals surface area contributed by atoms with Crippen LogP contribution in [-0.4, -0.2) is 12.8 Å². The van der Waals surface area contributed by atoms with E-state index in [1.165, 1.54) is 16.8 Å². The molecule has 0 fully saturated rings. The zero-order valence-corrected chi connectivity index (χ0v) is 12.9. The third-order valence-corrected chi connectivity index (χ3v) is 4.34. The van der Waals surface area contributed by atoms with Gasteiger partial charge in [-0.3, -0.25) is 4.99 Å². The molecule has 102 valence electrons. The number of ether oxygens (including phenoxy) is 1. The fourth-order valence-electron chi connectivity index (χ4n) is 2.56. The molecule has 1 atom stereocenters. The molecule has 3 heteroatoms. The van der Waals surface area contributed by atoms with Crippen LogP contribution in [0.3, 0.4) is 0 Å². The van der Waals surface area contributed by atoms with Crippen molar-refractivity contribution in [1.82, 2.24) is 0 Å². The summed E-state index contributed by atoms with van der Waals surface area (Å²) in [6, 6.07) is 16.8. The van der Waals surface area contributed by atoms with Crippen molar-refractivity contribution < 1.29 is 4.74 Å². The topological polar surface area (TPSA) is 21.6 Å². The maximum atomic E-state index is 5.20. The smallest absolute Gasteiger partial charge is 0.118 e. The highest BCUT2D eigenvalue weighted by Gasteiger charge is 2.21. The van der Waals surface area contributed by atoms with Gasteiger partial charge in [0.25, 0.3) is 0 Å². The van der Waals surface area contributed by atoms with Crippen molar-refractivity contribution in [3.63, 3.8) is 0 Å². The molecule has 3 rings (SSSR count). The van der Waals surface area contributed by atoms with E-state index < -0.39 is 0 Å². The van der Waals surface area contributed by atoms with Crippen LogP contribution >= 0.6 is 15.9 Å². The summed E-state index contributed by atoms with van der Waals surface area (Å²) in [6.07, 6.45) is 2.10. The second-order valence-electron chi connectivity index (χ2n) is 4.88. The first-order chi connectivity index (χ1) is 9.78. The number of methoxy groups -OCH3 is 1. The van der Waals surface area contributed by atoms with Gasteiger partial charge in [-0.15, -0.1) is 0 Å². The predicted molar refractivity (Wildman–Crippen MR) is 85.6 cm³/mol. The van der Waals surface area contributed by atoms with Crippen LogP contribution in [0.5, 0.6) is 5.75 Å². The van der Waals surface area contributed by atoms with Crippen LogP contribution in [0.25, 0.3) is 0 Å². The third kappa shape index (κ3) is 2.63. The average molecular weight is 330 g/mol. The molecule has 0 bridgehead atoms. The van der Waals surface area contributed by atoms with Gasteiger partial charge in [0.2, 0.25) is 0 Å². The number of benzene rings is 2. The van der Waals surface area contributed by atoms with Crippen LogP contribution in [0.2, 0.25) is 0 Å². The van der Waals surface area contributed by atoms with Gasteiger partial charge < -0.3 is 4.74 Å². The Labute approximate surface area is 127 Å². The molecule has 2 aromatic rings. The van der Waals surface area contributed by atoms with Crippen LogP contribution in [0.15, 0.2) is 58.0 Å². The molecule has 0 aliphatic carbocycles. The van der Waals surface area contributed by atoms with Crippen molar-refractivity contribution in [1.29, 1.82) is 0 Å². The Morgan fingerprint density at radius 1 is 1.10 bits per heavy atom. The first-order valence-electron chi connectivity index (χ1n) is 6.73. The number of rotatable bonds is 3. The average Bonchev–Trinajstić information content (AvgIpc) is 2.97. The van der Waals surface area contributed by atoms with Crippen LogP contribution < -0.4 is 4.74 Å². The first-order valence-corrected chi connectivity index (χ1v) is 7.53. The van der Waals surface area contributed by atoms with Gasteiger partial charge in [0.15, 0.2) is 0 Å². The van der Waals surface area contributed by atoms with Crippen LogP contribution in [0.1, 0.15) is 30.0 Å². The van der Waals surface area contributed by atoms with Crippen molar-refractivity contribution in [3.05, 3.63) is 64.1 Å². The van der Waals surface area contributed by atoms with E-state index >= 15 is 0 Å². The number of nitrogens with zero attached hydrogens (tertiary/aromatic N) is 1. The van der Waals surface area contributed by atoms with E-state index in [-0.39, 0.29) is 6.04 Å². The molecule has 1 unspecified atom stereocenters. The summed E-state index contributed by atoms with van der Waals surface area (Å²) in [6.45, 7) is 0. The largest absolute Gasteiger partial charge is 0.497 e. The Morgan fingerprint density at radius 3 is 2.55 bits per heavy atom. The van der Waals surface area contributed by atoms with Crippen LogP contribution in [-0.2, 0) is 0 Å².